The van der Waals surface area contributed by atoms with Crippen molar-refractivity contribution in [1.82, 2.24) is 5.32 Å². The van der Waals surface area contributed by atoms with Crippen molar-refractivity contribution in [3.8, 4) is 0 Å². The third-order valence-corrected chi connectivity index (χ3v) is 13.1. The summed E-state index contributed by atoms with van der Waals surface area (Å²) >= 11 is 0. The molecule has 358 valence electrons. The number of aliphatic hydroxyl groups is 3. The Balaban J connectivity index is 3.55. The molecule has 1 amide bonds. The van der Waals surface area contributed by atoms with E-state index < -0.39 is 24.2 Å². The second-order valence-corrected chi connectivity index (χ2v) is 19.2. The van der Waals surface area contributed by atoms with Crippen LogP contribution in [0.4, 0.5) is 0 Å². The Morgan fingerprint density at radius 1 is 0.400 bits per heavy atom. The van der Waals surface area contributed by atoms with Gasteiger partial charge in [-0.1, -0.05) is 302 Å². The number of aliphatic hydroxyl groups excluding tert-OH is 3. The van der Waals surface area contributed by atoms with E-state index in [1.54, 1.807) is 6.08 Å². The zero-order valence-electron chi connectivity index (χ0n) is 40.9. The predicted octanol–water partition coefficient (Wildman–Crippen LogP) is 16.7. The van der Waals surface area contributed by atoms with Gasteiger partial charge in [-0.2, -0.15) is 0 Å². The van der Waals surface area contributed by atoms with Crippen molar-refractivity contribution < 1.29 is 20.1 Å². The Hall–Kier alpha value is -0.910. The molecule has 0 radical (unpaired) electrons. The highest BCUT2D eigenvalue weighted by molar-refractivity contribution is 5.80. The van der Waals surface area contributed by atoms with E-state index in [0.717, 1.165) is 32.1 Å². The lowest BCUT2D eigenvalue weighted by molar-refractivity contribution is -0.131. The minimum atomic E-state index is -1.09. The maximum absolute atomic E-state index is 12.5. The molecule has 0 aromatic carbocycles. The summed E-state index contributed by atoms with van der Waals surface area (Å²) in [6, 6.07) is -0.794. The van der Waals surface area contributed by atoms with Crippen molar-refractivity contribution >= 4 is 5.91 Å². The van der Waals surface area contributed by atoms with Crippen LogP contribution < -0.4 is 5.32 Å². The van der Waals surface area contributed by atoms with E-state index in [9.17, 15) is 20.1 Å². The first-order valence-corrected chi connectivity index (χ1v) is 27.5. The van der Waals surface area contributed by atoms with Crippen LogP contribution in [0.25, 0.3) is 0 Å². The third-order valence-electron chi connectivity index (χ3n) is 13.1. The van der Waals surface area contributed by atoms with E-state index in [2.05, 4.69) is 19.2 Å². The Bertz CT molecular complexity index is 848. The molecule has 0 saturated heterocycles. The van der Waals surface area contributed by atoms with Gasteiger partial charge in [-0.05, 0) is 19.3 Å². The topological polar surface area (TPSA) is 89.8 Å². The van der Waals surface area contributed by atoms with Crippen LogP contribution >= 0.6 is 0 Å². The summed E-state index contributed by atoms with van der Waals surface area (Å²) in [4.78, 5) is 12.5. The van der Waals surface area contributed by atoms with E-state index in [0.29, 0.717) is 6.42 Å². The van der Waals surface area contributed by atoms with Gasteiger partial charge in [-0.15, -0.1) is 0 Å². The van der Waals surface area contributed by atoms with Crippen LogP contribution in [0.5, 0.6) is 0 Å². The molecule has 0 heterocycles. The number of rotatable bonds is 51. The predicted molar refractivity (Wildman–Crippen MR) is 264 cm³/mol. The first kappa shape index (κ1) is 59.1. The zero-order chi connectivity index (χ0) is 43.7. The summed E-state index contributed by atoms with van der Waals surface area (Å²) in [5.74, 6) is -0.496. The molecule has 0 spiro atoms. The van der Waals surface area contributed by atoms with Crippen molar-refractivity contribution in [2.45, 2.75) is 327 Å². The van der Waals surface area contributed by atoms with Gasteiger partial charge in [0.1, 0.15) is 6.10 Å². The zero-order valence-corrected chi connectivity index (χ0v) is 40.9. The molecule has 60 heavy (non-hydrogen) atoms. The molecule has 0 aromatic rings. The number of amides is 1. The summed E-state index contributed by atoms with van der Waals surface area (Å²) in [6.45, 7) is 4.22. The molecule has 5 heteroatoms. The second-order valence-electron chi connectivity index (χ2n) is 19.2. The van der Waals surface area contributed by atoms with Crippen molar-refractivity contribution in [3.63, 3.8) is 0 Å². The van der Waals surface area contributed by atoms with E-state index in [4.69, 9.17) is 0 Å². The van der Waals surface area contributed by atoms with Crippen molar-refractivity contribution in [3.05, 3.63) is 12.2 Å². The number of hydrogen-bond acceptors (Lipinski definition) is 4. The van der Waals surface area contributed by atoms with Crippen molar-refractivity contribution in [2.75, 3.05) is 6.61 Å². The molecule has 0 fully saturated rings. The Kier molecular flexibility index (Phi) is 50.0. The van der Waals surface area contributed by atoms with Gasteiger partial charge in [0.05, 0.1) is 18.8 Å². The molecule has 0 aromatic heterocycles. The minimum absolute atomic E-state index is 0.358. The molecule has 3 unspecified atom stereocenters. The summed E-state index contributed by atoms with van der Waals surface area (Å²) in [6.07, 6.45) is 62.8. The van der Waals surface area contributed by atoms with Crippen LogP contribution in [0.15, 0.2) is 12.2 Å². The summed E-state index contributed by atoms with van der Waals surface area (Å²) in [7, 11) is 0. The Morgan fingerprint density at radius 3 is 0.917 bits per heavy atom. The molecule has 0 aliphatic rings. The van der Waals surface area contributed by atoms with E-state index in [1.807, 2.05) is 6.08 Å². The quantitative estimate of drug-likeness (QED) is 0.0363. The molecule has 0 aliphatic carbocycles. The van der Waals surface area contributed by atoms with Gasteiger partial charge in [-0.25, -0.2) is 0 Å². The normalized spacial score (nSPS) is 13.3. The summed E-state index contributed by atoms with van der Waals surface area (Å²) in [5, 5.41) is 33.4. The first-order valence-electron chi connectivity index (χ1n) is 27.5. The largest absolute Gasteiger partial charge is 0.394 e. The molecule has 3 atom stereocenters. The van der Waals surface area contributed by atoms with Gasteiger partial charge in [0.2, 0.25) is 5.91 Å². The fraction of sp³-hybridized carbons (Fsp3) is 0.945. The number of hydrogen-bond donors (Lipinski definition) is 4. The molecule has 4 N–H and O–H groups in total. The van der Waals surface area contributed by atoms with Crippen LogP contribution in [-0.4, -0.2) is 46.1 Å². The molecular formula is C55H109NO4. The molecule has 0 saturated carbocycles. The first-order chi connectivity index (χ1) is 29.6. The maximum atomic E-state index is 12.5. The minimum Gasteiger partial charge on any atom is -0.394 e. The van der Waals surface area contributed by atoms with Gasteiger partial charge in [0, 0.05) is 0 Å². The average molecular weight is 848 g/mol. The lowest BCUT2D eigenvalue weighted by Crippen LogP contribution is -2.48. The van der Waals surface area contributed by atoms with Crippen molar-refractivity contribution in [1.29, 1.82) is 0 Å². The standard InChI is InChI=1S/C55H109NO4/c1-3-5-7-9-11-13-15-17-19-21-23-25-27-29-31-33-35-37-39-41-43-45-47-49-53(58)52(51-57)56-55(60)54(59)50-48-46-44-42-40-38-36-34-32-30-28-26-24-22-20-18-16-14-12-10-8-6-4-2/h47,49,52-54,57-59H,3-46,48,50-51H2,1-2H3,(H,56,60)/b49-47+. The fourth-order valence-electron chi connectivity index (χ4n) is 8.84. The lowest BCUT2D eigenvalue weighted by Gasteiger charge is -2.21. The number of carbonyl (C=O) groups is 1. The maximum Gasteiger partial charge on any atom is 0.249 e. The molecule has 0 rings (SSSR count). The van der Waals surface area contributed by atoms with Gasteiger partial charge >= 0.3 is 0 Å². The Labute approximate surface area is 376 Å². The fourth-order valence-corrected chi connectivity index (χ4v) is 8.84. The van der Waals surface area contributed by atoms with E-state index in [1.165, 1.54) is 257 Å². The van der Waals surface area contributed by atoms with Crippen LogP contribution in [-0.2, 0) is 4.79 Å². The highest BCUT2D eigenvalue weighted by Gasteiger charge is 2.22. The Morgan fingerprint density at radius 2 is 0.650 bits per heavy atom. The van der Waals surface area contributed by atoms with Crippen molar-refractivity contribution in [2.24, 2.45) is 0 Å². The number of unbranched alkanes of at least 4 members (excludes halogenated alkanes) is 43. The van der Waals surface area contributed by atoms with Crippen LogP contribution in [0.2, 0.25) is 0 Å². The molecule has 0 aliphatic heterocycles. The molecular weight excluding hydrogens is 739 g/mol. The van der Waals surface area contributed by atoms with Crippen LogP contribution in [0.3, 0.4) is 0 Å². The average Bonchev–Trinajstić information content (AvgIpc) is 3.25. The number of allylic oxidation sites excluding steroid dienone is 1. The third kappa shape index (κ3) is 45.1. The smallest absolute Gasteiger partial charge is 0.249 e. The van der Waals surface area contributed by atoms with Gasteiger partial charge in [0.25, 0.3) is 0 Å². The highest BCUT2D eigenvalue weighted by atomic mass is 16.3. The van der Waals surface area contributed by atoms with E-state index in [-0.39, 0.29) is 6.61 Å². The number of nitrogens with one attached hydrogen (secondary N) is 1. The second kappa shape index (κ2) is 50.7. The van der Waals surface area contributed by atoms with E-state index >= 15 is 0 Å². The SMILES string of the molecule is CCCCCCCCCCCCCCCCCCCCCCC/C=C/C(O)C(CO)NC(=O)C(O)CCCCCCCCCCCCCCCCCCCCCCCCC. The van der Waals surface area contributed by atoms with Gasteiger partial charge in [0.15, 0.2) is 0 Å². The monoisotopic (exact) mass is 848 g/mol. The summed E-state index contributed by atoms with van der Waals surface area (Å²) in [5.41, 5.74) is 0. The van der Waals surface area contributed by atoms with Crippen LogP contribution in [0, 0.1) is 0 Å². The van der Waals surface area contributed by atoms with Crippen LogP contribution in [0.1, 0.15) is 309 Å². The highest BCUT2D eigenvalue weighted by Crippen LogP contribution is 2.18. The molecule has 0 bridgehead atoms. The number of carbonyl (C=O) groups excluding carboxylic acids is 1. The molecule has 5 nitrogen and oxygen atoms in total. The van der Waals surface area contributed by atoms with Gasteiger partial charge in [-0.3, -0.25) is 4.79 Å². The summed E-state index contributed by atoms with van der Waals surface area (Å²) < 4.78 is 0. The lowest BCUT2D eigenvalue weighted by atomic mass is 10.0. The van der Waals surface area contributed by atoms with Gasteiger partial charge < -0.3 is 20.6 Å².